The van der Waals surface area contributed by atoms with Crippen LogP contribution < -0.4 is 5.32 Å². The normalized spacial score (nSPS) is 22.2. The highest BCUT2D eigenvalue weighted by Crippen LogP contribution is 2.45. The van der Waals surface area contributed by atoms with Crippen molar-refractivity contribution >= 4 is 16.9 Å². The maximum absolute atomic E-state index is 12.9. The average Bonchev–Trinajstić information content (AvgIpc) is 3.11. The third-order valence-corrected chi connectivity index (χ3v) is 6.45. The number of nitrogens with one attached hydrogen (secondary N) is 1. The second-order valence-electron chi connectivity index (χ2n) is 8.12. The summed E-state index contributed by atoms with van der Waals surface area (Å²) < 4.78 is 1.84. The van der Waals surface area contributed by atoms with Gasteiger partial charge in [0.05, 0.1) is 5.52 Å². The summed E-state index contributed by atoms with van der Waals surface area (Å²) in [5.74, 6) is 1.56. The summed E-state index contributed by atoms with van der Waals surface area (Å²) in [5.41, 5.74) is 3.17. The first-order chi connectivity index (χ1) is 13.0. The smallest absolute Gasteiger partial charge is 0.326 e. The fourth-order valence-electron chi connectivity index (χ4n) is 5.27. The Bertz CT molecular complexity index is 912. The molecule has 0 radical (unpaired) electrons. The molecule has 27 heavy (non-hydrogen) atoms. The van der Waals surface area contributed by atoms with Crippen LogP contribution >= 0.6 is 0 Å². The Morgan fingerprint density at radius 3 is 2.81 bits per heavy atom. The first kappa shape index (κ1) is 18.0. The van der Waals surface area contributed by atoms with Gasteiger partial charge in [-0.2, -0.15) is 0 Å². The fourth-order valence-corrected chi connectivity index (χ4v) is 5.27. The molecule has 2 N–H and O–H groups in total. The van der Waals surface area contributed by atoms with E-state index in [4.69, 9.17) is 0 Å². The molecule has 4 rings (SSSR count). The number of aromatic hydroxyl groups is 1. The summed E-state index contributed by atoms with van der Waals surface area (Å²) in [6.07, 6.45) is 6.50. The summed E-state index contributed by atoms with van der Waals surface area (Å²) in [4.78, 5) is 15.3. The average molecular weight is 367 g/mol. The van der Waals surface area contributed by atoms with Gasteiger partial charge in [0.25, 0.3) is 0 Å². The zero-order valence-corrected chi connectivity index (χ0v) is 16.6. The van der Waals surface area contributed by atoms with E-state index in [0.29, 0.717) is 17.9 Å². The molecule has 3 atom stereocenters. The van der Waals surface area contributed by atoms with Crippen LogP contribution in [0.4, 0.5) is 4.79 Å². The number of benzene rings is 1. The molecule has 0 saturated carbocycles. The van der Waals surface area contributed by atoms with Crippen molar-refractivity contribution in [3.05, 3.63) is 41.7 Å². The molecular weight excluding hydrogens is 338 g/mol. The van der Waals surface area contributed by atoms with Gasteiger partial charge >= 0.3 is 6.03 Å². The molecular formula is C22H29N3O2. The van der Waals surface area contributed by atoms with Crippen molar-refractivity contribution in [3.8, 4) is 5.75 Å². The predicted octanol–water partition coefficient (Wildman–Crippen LogP) is 4.05. The number of carbonyl (C=O) groups is 1. The van der Waals surface area contributed by atoms with E-state index in [9.17, 15) is 9.90 Å². The van der Waals surface area contributed by atoms with Gasteiger partial charge in [-0.3, -0.25) is 4.57 Å². The Kier molecular flexibility index (Phi) is 4.41. The molecule has 144 valence electrons. The molecule has 2 aromatic rings. The molecule has 1 unspecified atom stereocenters. The van der Waals surface area contributed by atoms with E-state index in [1.54, 1.807) is 19.2 Å². The first-order valence-electron chi connectivity index (χ1n) is 10.00. The second kappa shape index (κ2) is 6.63. The van der Waals surface area contributed by atoms with Gasteiger partial charge in [-0.1, -0.05) is 33.3 Å². The molecule has 0 aliphatic carbocycles. The van der Waals surface area contributed by atoms with Gasteiger partial charge in [0, 0.05) is 36.6 Å². The quantitative estimate of drug-likeness (QED) is 0.860. The van der Waals surface area contributed by atoms with Crippen LogP contribution in [0.5, 0.6) is 5.75 Å². The van der Waals surface area contributed by atoms with E-state index in [1.807, 2.05) is 10.6 Å². The van der Waals surface area contributed by atoms with Crippen molar-refractivity contribution in [2.45, 2.75) is 45.6 Å². The number of phenolic OH excluding ortho intramolecular Hbond substituents is 1. The lowest BCUT2D eigenvalue weighted by molar-refractivity contribution is 0.165. The van der Waals surface area contributed by atoms with E-state index in [2.05, 4.69) is 43.3 Å². The van der Waals surface area contributed by atoms with E-state index >= 15 is 0 Å². The number of nitrogens with zero attached hydrogens (tertiary/aromatic N) is 2. The number of amides is 1. The SMILES string of the molecule is CC[C@@H](C(C)C)C1[C@H]2C=CN1CCc1c2n(C(=O)NC)c2ccc(O)cc12. The number of hydrogen-bond acceptors (Lipinski definition) is 3. The van der Waals surface area contributed by atoms with Crippen LogP contribution in [-0.4, -0.2) is 40.2 Å². The zero-order valence-electron chi connectivity index (χ0n) is 16.6. The zero-order chi connectivity index (χ0) is 19.3. The molecule has 5 heteroatoms. The molecule has 0 saturated heterocycles. The van der Waals surface area contributed by atoms with Gasteiger partial charge in [0.15, 0.2) is 0 Å². The van der Waals surface area contributed by atoms with Crippen molar-refractivity contribution in [3.63, 3.8) is 0 Å². The minimum Gasteiger partial charge on any atom is -0.508 e. The van der Waals surface area contributed by atoms with Gasteiger partial charge < -0.3 is 15.3 Å². The van der Waals surface area contributed by atoms with E-state index in [-0.39, 0.29) is 17.7 Å². The number of phenols is 1. The second-order valence-corrected chi connectivity index (χ2v) is 8.12. The topological polar surface area (TPSA) is 57.5 Å². The summed E-state index contributed by atoms with van der Waals surface area (Å²) in [6, 6.07) is 5.59. The lowest BCUT2D eigenvalue weighted by Crippen LogP contribution is -2.40. The van der Waals surface area contributed by atoms with Crippen LogP contribution in [0.15, 0.2) is 30.5 Å². The van der Waals surface area contributed by atoms with Gasteiger partial charge in [-0.15, -0.1) is 0 Å². The highest BCUT2D eigenvalue weighted by atomic mass is 16.3. The highest BCUT2D eigenvalue weighted by molar-refractivity contribution is 5.96. The number of aromatic nitrogens is 1. The largest absolute Gasteiger partial charge is 0.508 e. The molecule has 2 bridgehead atoms. The van der Waals surface area contributed by atoms with Crippen molar-refractivity contribution in [2.24, 2.45) is 11.8 Å². The van der Waals surface area contributed by atoms with E-state index < -0.39 is 0 Å². The van der Waals surface area contributed by atoms with Crippen LogP contribution in [0.2, 0.25) is 0 Å². The maximum Gasteiger partial charge on any atom is 0.326 e. The molecule has 2 aliphatic rings. The lowest BCUT2D eigenvalue weighted by Gasteiger charge is -2.37. The van der Waals surface area contributed by atoms with Crippen LogP contribution in [-0.2, 0) is 6.42 Å². The molecule has 3 heterocycles. The van der Waals surface area contributed by atoms with Gasteiger partial charge in [0.2, 0.25) is 0 Å². The number of hydrogen-bond donors (Lipinski definition) is 2. The van der Waals surface area contributed by atoms with Crippen LogP contribution in [0.3, 0.4) is 0 Å². The lowest BCUT2D eigenvalue weighted by atomic mass is 9.79. The molecule has 2 aliphatic heterocycles. The number of carbonyl (C=O) groups excluding carboxylic acids is 1. The van der Waals surface area contributed by atoms with E-state index in [1.165, 1.54) is 5.56 Å². The minimum atomic E-state index is -0.114. The van der Waals surface area contributed by atoms with Gasteiger partial charge in [-0.05, 0) is 48.2 Å². The molecule has 1 amide bonds. The Morgan fingerprint density at radius 2 is 2.15 bits per heavy atom. The Balaban J connectivity index is 1.97. The minimum absolute atomic E-state index is 0.114. The Hall–Kier alpha value is -2.43. The predicted molar refractivity (Wildman–Crippen MR) is 108 cm³/mol. The number of fused-ring (bicyclic) bond motifs is 6. The molecule has 5 nitrogen and oxygen atoms in total. The number of rotatable bonds is 3. The van der Waals surface area contributed by atoms with Gasteiger partial charge in [-0.25, -0.2) is 4.79 Å². The third-order valence-electron chi connectivity index (χ3n) is 6.45. The maximum atomic E-state index is 12.9. The molecule has 1 aromatic heterocycles. The standard InChI is InChI=1S/C22H29N3O2/c1-5-15(13(2)3)20-17-9-11-24(20)10-8-16-18-12-14(26)6-7-19(18)25(21(16)17)22(27)23-4/h6-7,9,11-13,15,17,20,26H,5,8,10H2,1-4H3,(H,23,27)/t15-,17+,20?/m0/s1. The Labute approximate surface area is 160 Å². The summed E-state index contributed by atoms with van der Waals surface area (Å²) >= 11 is 0. The monoisotopic (exact) mass is 367 g/mol. The molecule has 1 aromatic carbocycles. The van der Waals surface area contributed by atoms with Crippen molar-refractivity contribution in [1.82, 2.24) is 14.8 Å². The summed E-state index contributed by atoms with van der Waals surface area (Å²) in [6.45, 7) is 7.81. The summed E-state index contributed by atoms with van der Waals surface area (Å²) in [7, 11) is 1.68. The van der Waals surface area contributed by atoms with Gasteiger partial charge in [0.1, 0.15) is 5.75 Å². The van der Waals surface area contributed by atoms with Crippen LogP contribution in [0, 0.1) is 11.8 Å². The van der Waals surface area contributed by atoms with Crippen molar-refractivity contribution in [1.29, 1.82) is 0 Å². The van der Waals surface area contributed by atoms with Crippen LogP contribution in [0.1, 0.15) is 44.4 Å². The summed E-state index contributed by atoms with van der Waals surface area (Å²) in [5, 5.41) is 13.9. The van der Waals surface area contributed by atoms with Crippen LogP contribution in [0.25, 0.3) is 10.9 Å². The van der Waals surface area contributed by atoms with Crippen molar-refractivity contribution < 1.29 is 9.90 Å². The highest BCUT2D eigenvalue weighted by Gasteiger charge is 2.42. The molecule has 0 fully saturated rings. The third kappa shape index (κ3) is 2.63. The molecule has 0 spiro atoms. The fraction of sp³-hybridized carbons (Fsp3) is 0.500. The Morgan fingerprint density at radius 1 is 1.37 bits per heavy atom. The van der Waals surface area contributed by atoms with Crippen molar-refractivity contribution in [2.75, 3.05) is 13.6 Å². The first-order valence-corrected chi connectivity index (χ1v) is 10.00. The van der Waals surface area contributed by atoms with E-state index in [0.717, 1.165) is 36.0 Å².